The van der Waals surface area contributed by atoms with Gasteiger partial charge >= 0.3 is 0 Å². The van der Waals surface area contributed by atoms with Gasteiger partial charge in [-0.25, -0.2) is 4.98 Å². The molecule has 23 heavy (non-hydrogen) atoms. The molecule has 1 N–H and O–H groups in total. The SMILES string of the molecule is Clc1ncc(Cc2ccccc2)cc1CNCc1ccccc1. The van der Waals surface area contributed by atoms with E-state index in [0.29, 0.717) is 11.7 Å². The zero-order valence-electron chi connectivity index (χ0n) is 12.9. The zero-order chi connectivity index (χ0) is 15.9. The van der Waals surface area contributed by atoms with Gasteiger partial charge in [0.2, 0.25) is 0 Å². The van der Waals surface area contributed by atoms with Crippen LogP contribution in [-0.2, 0) is 19.5 Å². The molecular weight excluding hydrogens is 304 g/mol. The highest BCUT2D eigenvalue weighted by Crippen LogP contribution is 2.17. The van der Waals surface area contributed by atoms with Gasteiger partial charge in [0, 0.05) is 24.8 Å². The minimum Gasteiger partial charge on any atom is -0.309 e. The first-order valence-corrected chi connectivity index (χ1v) is 8.11. The highest BCUT2D eigenvalue weighted by molar-refractivity contribution is 6.30. The summed E-state index contributed by atoms with van der Waals surface area (Å²) in [5.41, 5.74) is 4.75. The fourth-order valence-corrected chi connectivity index (χ4v) is 2.70. The van der Waals surface area contributed by atoms with Gasteiger partial charge in [-0.1, -0.05) is 72.3 Å². The lowest BCUT2D eigenvalue weighted by atomic mass is 10.1. The Labute approximate surface area is 142 Å². The maximum Gasteiger partial charge on any atom is 0.133 e. The fourth-order valence-electron chi connectivity index (χ4n) is 2.53. The largest absolute Gasteiger partial charge is 0.309 e. The number of hydrogen-bond donors (Lipinski definition) is 1. The van der Waals surface area contributed by atoms with Gasteiger partial charge in [0.15, 0.2) is 0 Å². The summed E-state index contributed by atoms with van der Waals surface area (Å²) in [6.45, 7) is 1.53. The van der Waals surface area contributed by atoms with E-state index in [0.717, 1.165) is 18.5 Å². The van der Waals surface area contributed by atoms with Crippen molar-refractivity contribution in [3.05, 3.63) is 100 Å². The van der Waals surface area contributed by atoms with Gasteiger partial charge in [0.25, 0.3) is 0 Å². The second-order valence-electron chi connectivity index (χ2n) is 5.55. The molecule has 0 atom stereocenters. The molecule has 0 fully saturated rings. The van der Waals surface area contributed by atoms with Crippen molar-refractivity contribution in [2.75, 3.05) is 0 Å². The zero-order valence-corrected chi connectivity index (χ0v) is 13.6. The number of benzene rings is 2. The van der Waals surface area contributed by atoms with Crippen LogP contribution < -0.4 is 5.32 Å². The average Bonchev–Trinajstić information content (AvgIpc) is 2.59. The van der Waals surface area contributed by atoms with E-state index >= 15 is 0 Å². The van der Waals surface area contributed by atoms with Crippen LogP contribution in [0.15, 0.2) is 72.9 Å². The van der Waals surface area contributed by atoms with Crippen LogP contribution in [-0.4, -0.2) is 4.98 Å². The molecule has 0 aliphatic carbocycles. The molecule has 0 aliphatic rings. The highest BCUT2D eigenvalue weighted by Gasteiger charge is 2.05. The minimum atomic E-state index is 0.572. The first-order chi connectivity index (χ1) is 11.3. The molecule has 3 aromatic rings. The molecule has 0 amide bonds. The highest BCUT2D eigenvalue weighted by atomic mass is 35.5. The van der Waals surface area contributed by atoms with Crippen LogP contribution in [0.3, 0.4) is 0 Å². The van der Waals surface area contributed by atoms with E-state index in [1.807, 2.05) is 30.5 Å². The summed E-state index contributed by atoms with van der Waals surface area (Å²) in [7, 11) is 0. The molecule has 1 heterocycles. The van der Waals surface area contributed by atoms with E-state index in [9.17, 15) is 0 Å². The predicted octanol–water partition coefficient (Wildman–Crippen LogP) is 4.62. The molecule has 0 saturated heterocycles. The summed E-state index contributed by atoms with van der Waals surface area (Å²) in [5.74, 6) is 0. The first kappa shape index (κ1) is 15.7. The number of halogens is 1. The standard InChI is InChI=1S/C20H19ClN2/c21-20-19(15-22-13-17-9-5-2-6-10-17)12-18(14-23-20)11-16-7-3-1-4-8-16/h1-10,12,14,22H,11,13,15H2. The van der Waals surface area contributed by atoms with E-state index in [1.54, 1.807) is 0 Å². The number of nitrogens with zero attached hydrogens (tertiary/aromatic N) is 1. The van der Waals surface area contributed by atoms with Crippen LogP contribution in [0.1, 0.15) is 22.3 Å². The smallest absolute Gasteiger partial charge is 0.133 e. The van der Waals surface area contributed by atoms with Crippen molar-refractivity contribution in [2.24, 2.45) is 0 Å². The van der Waals surface area contributed by atoms with Crippen LogP contribution in [0.4, 0.5) is 0 Å². The van der Waals surface area contributed by atoms with Crippen LogP contribution in [0, 0.1) is 0 Å². The molecule has 0 unspecified atom stereocenters. The Morgan fingerprint density at radius 1 is 0.783 bits per heavy atom. The second-order valence-corrected chi connectivity index (χ2v) is 5.90. The molecule has 0 bridgehead atoms. The van der Waals surface area contributed by atoms with E-state index in [-0.39, 0.29) is 0 Å². The normalized spacial score (nSPS) is 10.7. The molecular formula is C20H19ClN2. The van der Waals surface area contributed by atoms with Crippen molar-refractivity contribution in [1.82, 2.24) is 10.3 Å². The predicted molar refractivity (Wildman–Crippen MR) is 95.5 cm³/mol. The maximum atomic E-state index is 6.23. The Morgan fingerprint density at radius 2 is 1.43 bits per heavy atom. The van der Waals surface area contributed by atoms with Crippen LogP contribution in [0.25, 0.3) is 0 Å². The van der Waals surface area contributed by atoms with E-state index in [1.165, 1.54) is 16.7 Å². The molecule has 1 aromatic heterocycles. The Balaban J connectivity index is 1.63. The summed E-state index contributed by atoms with van der Waals surface area (Å²) < 4.78 is 0. The first-order valence-electron chi connectivity index (χ1n) is 7.73. The summed E-state index contributed by atoms with van der Waals surface area (Å²) in [6.07, 6.45) is 2.73. The third-order valence-corrected chi connectivity index (χ3v) is 4.05. The van der Waals surface area contributed by atoms with E-state index in [4.69, 9.17) is 11.6 Å². The van der Waals surface area contributed by atoms with Crippen molar-refractivity contribution in [2.45, 2.75) is 19.5 Å². The number of nitrogens with one attached hydrogen (secondary N) is 1. The van der Waals surface area contributed by atoms with Gasteiger partial charge in [-0.05, 0) is 29.2 Å². The van der Waals surface area contributed by atoms with E-state index < -0.39 is 0 Å². The van der Waals surface area contributed by atoms with Gasteiger partial charge in [0.05, 0.1) is 0 Å². The van der Waals surface area contributed by atoms with Crippen molar-refractivity contribution >= 4 is 11.6 Å². The van der Waals surface area contributed by atoms with Crippen molar-refractivity contribution in [3.8, 4) is 0 Å². The summed E-state index contributed by atoms with van der Waals surface area (Å²) >= 11 is 6.23. The number of pyridine rings is 1. The third-order valence-electron chi connectivity index (χ3n) is 3.71. The number of rotatable bonds is 6. The second kappa shape index (κ2) is 7.91. The number of aromatic nitrogens is 1. The summed E-state index contributed by atoms with van der Waals surface area (Å²) in [6, 6.07) is 22.9. The lowest BCUT2D eigenvalue weighted by molar-refractivity contribution is 0.691. The van der Waals surface area contributed by atoms with E-state index in [2.05, 4.69) is 52.8 Å². The molecule has 0 saturated carbocycles. The van der Waals surface area contributed by atoms with Gasteiger partial charge in [-0.3, -0.25) is 0 Å². The molecule has 0 spiro atoms. The minimum absolute atomic E-state index is 0.572. The van der Waals surface area contributed by atoms with Crippen LogP contribution >= 0.6 is 11.6 Å². The Morgan fingerprint density at radius 3 is 2.13 bits per heavy atom. The van der Waals surface area contributed by atoms with Crippen molar-refractivity contribution < 1.29 is 0 Å². The molecule has 116 valence electrons. The van der Waals surface area contributed by atoms with Gasteiger partial charge in [0.1, 0.15) is 5.15 Å². The van der Waals surface area contributed by atoms with Crippen LogP contribution in [0.2, 0.25) is 5.15 Å². The van der Waals surface area contributed by atoms with Crippen molar-refractivity contribution in [1.29, 1.82) is 0 Å². The van der Waals surface area contributed by atoms with Gasteiger partial charge in [-0.15, -0.1) is 0 Å². The lowest BCUT2D eigenvalue weighted by Crippen LogP contribution is -2.13. The Bertz CT molecular complexity index is 742. The summed E-state index contributed by atoms with van der Waals surface area (Å²) in [5, 5.41) is 4.00. The fraction of sp³-hybridized carbons (Fsp3) is 0.150. The molecule has 0 aliphatic heterocycles. The van der Waals surface area contributed by atoms with Gasteiger partial charge < -0.3 is 5.32 Å². The number of hydrogen-bond acceptors (Lipinski definition) is 2. The molecule has 3 heteroatoms. The quantitative estimate of drug-likeness (QED) is 0.670. The Kier molecular flexibility index (Phi) is 5.41. The van der Waals surface area contributed by atoms with Gasteiger partial charge in [-0.2, -0.15) is 0 Å². The van der Waals surface area contributed by atoms with Crippen molar-refractivity contribution in [3.63, 3.8) is 0 Å². The monoisotopic (exact) mass is 322 g/mol. The van der Waals surface area contributed by atoms with Crippen LogP contribution in [0.5, 0.6) is 0 Å². The maximum absolute atomic E-state index is 6.23. The molecule has 2 nitrogen and oxygen atoms in total. The lowest BCUT2D eigenvalue weighted by Gasteiger charge is -2.09. The molecule has 3 rings (SSSR count). The summed E-state index contributed by atoms with van der Waals surface area (Å²) in [4.78, 5) is 4.33. The average molecular weight is 323 g/mol. The third kappa shape index (κ3) is 4.65. The Hall–Kier alpha value is -2.16. The molecule has 0 radical (unpaired) electrons. The topological polar surface area (TPSA) is 24.9 Å². The molecule has 2 aromatic carbocycles.